The fourth-order valence-corrected chi connectivity index (χ4v) is 5.78. The molecule has 1 aromatic heterocycles. The summed E-state index contributed by atoms with van der Waals surface area (Å²) in [6.07, 6.45) is 5.72. The van der Waals surface area contributed by atoms with Crippen molar-refractivity contribution in [3.05, 3.63) is 40.9 Å². The molecular weight excluding hydrogens is 388 g/mol. The summed E-state index contributed by atoms with van der Waals surface area (Å²) in [6, 6.07) is 7.55. The van der Waals surface area contributed by atoms with Crippen molar-refractivity contribution in [2.45, 2.75) is 56.1 Å². The first-order valence-electron chi connectivity index (χ1n) is 10.3. The molecule has 1 saturated heterocycles. The number of rotatable bonds is 4. The van der Waals surface area contributed by atoms with Gasteiger partial charge in [-0.15, -0.1) is 10.2 Å². The molecule has 7 nitrogen and oxygen atoms in total. The summed E-state index contributed by atoms with van der Waals surface area (Å²) in [7, 11) is 0. The summed E-state index contributed by atoms with van der Waals surface area (Å²) < 4.78 is 5.86. The summed E-state index contributed by atoms with van der Waals surface area (Å²) >= 11 is 1.30. The molecule has 1 N–H and O–H groups in total. The number of anilines is 1. The Bertz CT molecular complexity index is 904. The highest BCUT2D eigenvalue weighted by Crippen LogP contribution is 2.51. The van der Waals surface area contributed by atoms with Crippen LogP contribution in [0.4, 0.5) is 5.13 Å². The Morgan fingerprint density at radius 2 is 2.10 bits per heavy atom. The lowest BCUT2D eigenvalue weighted by atomic mass is 9.71. The third-order valence-electron chi connectivity index (χ3n) is 6.55. The number of amides is 2. The number of carbonyl (C=O) groups is 2. The molecule has 29 heavy (non-hydrogen) atoms. The first kappa shape index (κ1) is 18.7. The Morgan fingerprint density at radius 1 is 1.28 bits per heavy atom. The fraction of sp³-hybridized carbons (Fsp3) is 0.524. The summed E-state index contributed by atoms with van der Waals surface area (Å²) in [4.78, 5) is 29.1. The maximum atomic E-state index is 13.6. The minimum atomic E-state index is -0.508. The van der Waals surface area contributed by atoms with Crippen molar-refractivity contribution in [2.75, 3.05) is 18.5 Å². The molecule has 0 radical (unpaired) electrons. The molecule has 152 valence electrons. The van der Waals surface area contributed by atoms with Gasteiger partial charge in [-0.25, -0.2) is 0 Å². The van der Waals surface area contributed by atoms with Gasteiger partial charge >= 0.3 is 0 Å². The predicted molar refractivity (Wildman–Crippen MR) is 109 cm³/mol. The SMILES string of the molecule is O=C(Nc1nncs1)[C@@H]1c2ccccc2C(=O)N(C[C@H]2CCCO2)C12CCCC2. The fourth-order valence-electron chi connectivity index (χ4n) is 5.33. The molecule has 5 rings (SSSR count). The smallest absolute Gasteiger partial charge is 0.254 e. The van der Waals surface area contributed by atoms with Crippen molar-refractivity contribution in [1.82, 2.24) is 15.1 Å². The average molecular weight is 413 g/mol. The van der Waals surface area contributed by atoms with E-state index in [0.717, 1.165) is 50.7 Å². The van der Waals surface area contributed by atoms with E-state index in [1.54, 1.807) is 5.51 Å². The summed E-state index contributed by atoms with van der Waals surface area (Å²) in [6.45, 7) is 1.30. The van der Waals surface area contributed by atoms with Crippen LogP contribution in [0.1, 0.15) is 60.4 Å². The second kappa shape index (κ2) is 7.50. The molecule has 1 spiro atoms. The highest BCUT2D eigenvalue weighted by atomic mass is 32.1. The lowest BCUT2D eigenvalue weighted by Crippen LogP contribution is -2.61. The quantitative estimate of drug-likeness (QED) is 0.834. The standard InChI is InChI=1S/C21H24N4O3S/c26-18(23-20-24-22-13-29-20)17-15-7-1-2-8-16(15)19(27)25(12-14-6-5-11-28-14)21(17)9-3-4-10-21/h1-2,7-8,13-14,17H,3-6,9-12H2,(H,23,24,26)/t14-,17+/m1/s1. The zero-order valence-electron chi connectivity index (χ0n) is 16.2. The van der Waals surface area contributed by atoms with Gasteiger partial charge in [0.25, 0.3) is 5.91 Å². The first-order valence-corrected chi connectivity index (χ1v) is 11.2. The number of hydrogen-bond acceptors (Lipinski definition) is 6. The molecule has 1 saturated carbocycles. The zero-order valence-corrected chi connectivity index (χ0v) is 17.0. The molecule has 2 amide bonds. The van der Waals surface area contributed by atoms with Crippen LogP contribution < -0.4 is 5.32 Å². The molecular formula is C21H24N4O3S. The van der Waals surface area contributed by atoms with Crippen LogP contribution in [0.25, 0.3) is 0 Å². The number of fused-ring (bicyclic) bond motifs is 1. The van der Waals surface area contributed by atoms with Gasteiger partial charge in [0.05, 0.1) is 17.6 Å². The van der Waals surface area contributed by atoms with E-state index in [4.69, 9.17) is 4.74 Å². The van der Waals surface area contributed by atoms with E-state index in [1.807, 2.05) is 29.2 Å². The van der Waals surface area contributed by atoms with Gasteiger partial charge < -0.3 is 9.64 Å². The van der Waals surface area contributed by atoms with Crippen LogP contribution in [-0.2, 0) is 9.53 Å². The number of carbonyl (C=O) groups excluding carboxylic acids is 2. The van der Waals surface area contributed by atoms with E-state index in [-0.39, 0.29) is 17.9 Å². The molecule has 0 bridgehead atoms. The summed E-state index contributed by atoms with van der Waals surface area (Å²) in [5.74, 6) is -0.511. The van der Waals surface area contributed by atoms with Crippen LogP contribution in [0.15, 0.2) is 29.8 Å². The van der Waals surface area contributed by atoms with E-state index >= 15 is 0 Å². The van der Waals surface area contributed by atoms with Crippen molar-refractivity contribution in [1.29, 1.82) is 0 Å². The number of hydrogen-bond donors (Lipinski definition) is 1. The number of benzene rings is 1. The van der Waals surface area contributed by atoms with Gasteiger partial charge in [0, 0.05) is 18.7 Å². The first-order chi connectivity index (χ1) is 14.2. The van der Waals surface area contributed by atoms with Crippen molar-refractivity contribution in [2.24, 2.45) is 0 Å². The Hall–Kier alpha value is -2.32. The van der Waals surface area contributed by atoms with Gasteiger partial charge in [0.2, 0.25) is 11.0 Å². The molecule has 2 fully saturated rings. The van der Waals surface area contributed by atoms with E-state index in [9.17, 15) is 9.59 Å². The third kappa shape index (κ3) is 3.14. The maximum Gasteiger partial charge on any atom is 0.254 e. The van der Waals surface area contributed by atoms with Gasteiger partial charge in [-0.1, -0.05) is 42.4 Å². The molecule has 3 aliphatic rings. The number of ether oxygens (including phenoxy) is 1. The molecule has 1 aliphatic carbocycles. The maximum absolute atomic E-state index is 13.6. The third-order valence-corrected chi connectivity index (χ3v) is 7.16. The van der Waals surface area contributed by atoms with E-state index in [1.165, 1.54) is 11.3 Å². The van der Waals surface area contributed by atoms with Gasteiger partial charge in [-0.2, -0.15) is 0 Å². The molecule has 2 aromatic rings. The van der Waals surface area contributed by atoms with Crippen LogP contribution in [0.3, 0.4) is 0 Å². The molecule has 2 aliphatic heterocycles. The zero-order chi connectivity index (χ0) is 19.8. The molecule has 2 atom stereocenters. The van der Waals surface area contributed by atoms with E-state index in [2.05, 4.69) is 15.5 Å². The van der Waals surface area contributed by atoms with Crippen molar-refractivity contribution in [3.8, 4) is 0 Å². The van der Waals surface area contributed by atoms with Crippen LogP contribution in [0.2, 0.25) is 0 Å². The van der Waals surface area contributed by atoms with E-state index in [0.29, 0.717) is 17.2 Å². The van der Waals surface area contributed by atoms with Crippen LogP contribution in [0, 0.1) is 0 Å². The van der Waals surface area contributed by atoms with Gasteiger partial charge in [0.1, 0.15) is 5.51 Å². The second-order valence-corrected chi connectivity index (χ2v) is 8.95. The van der Waals surface area contributed by atoms with Crippen molar-refractivity contribution < 1.29 is 14.3 Å². The lowest BCUT2D eigenvalue weighted by molar-refractivity contribution is -0.121. The highest BCUT2D eigenvalue weighted by molar-refractivity contribution is 7.13. The molecule has 8 heteroatoms. The minimum Gasteiger partial charge on any atom is -0.376 e. The minimum absolute atomic E-state index is 0.0259. The normalized spacial score (nSPS) is 25.4. The average Bonchev–Trinajstić information content (AvgIpc) is 3.49. The highest BCUT2D eigenvalue weighted by Gasteiger charge is 2.56. The Kier molecular flexibility index (Phi) is 4.83. The van der Waals surface area contributed by atoms with Crippen LogP contribution in [-0.4, -0.2) is 51.7 Å². The van der Waals surface area contributed by atoms with Crippen molar-refractivity contribution in [3.63, 3.8) is 0 Å². The Balaban J connectivity index is 1.58. The predicted octanol–water partition coefficient (Wildman–Crippen LogP) is 3.21. The van der Waals surface area contributed by atoms with Gasteiger partial charge in [-0.05, 0) is 37.3 Å². The van der Waals surface area contributed by atoms with Crippen LogP contribution in [0.5, 0.6) is 0 Å². The number of nitrogens with one attached hydrogen (secondary N) is 1. The van der Waals surface area contributed by atoms with Crippen LogP contribution >= 0.6 is 11.3 Å². The Labute approximate surface area is 173 Å². The largest absolute Gasteiger partial charge is 0.376 e. The molecule has 1 aromatic carbocycles. The van der Waals surface area contributed by atoms with Crippen molar-refractivity contribution >= 4 is 28.3 Å². The topological polar surface area (TPSA) is 84.4 Å². The summed E-state index contributed by atoms with van der Waals surface area (Å²) in [5, 5.41) is 11.2. The number of nitrogens with zero attached hydrogens (tertiary/aromatic N) is 3. The van der Waals surface area contributed by atoms with E-state index < -0.39 is 11.5 Å². The summed E-state index contributed by atoms with van der Waals surface area (Å²) in [5.41, 5.74) is 2.54. The number of aromatic nitrogens is 2. The molecule has 3 heterocycles. The second-order valence-electron chi connectivity index (χ2n) is 8.11. The monoisotopic (exact) mass is 412 g/mol. The van der Waals surface area contributed by atoms with Gasteiger partial charge in [-0.3, -0.25) is 14.9 Å². The molecule has 0 unspecified atom stereocenters. The van der Waals surface area contributed by atoms with Gasteiger partial charge in [0.15, 0.2) is 0 Å². The Morgan fingerprint density at radius 3 is 2.83 bits per heavy atom. The lowest BCUT2D eigenvalue weighted by Gasteiger charge is -2.50.